The van der Waals surface area contributed by atoms with Crippen LogP contribution >= 0.6 is 11.8 Å². The van der Waals surface area contributed by atoms with Crippen LogP contribution in [0.25, 0.3) is 22.6 Å². The standard InChI is InChI=1S/C21H24N4O4S/c1-3-25-19(17-12-15-6-4-5-7-16(15)29-17)22-23-21(25)30-13-18(26)24-10-8-14(9-11-24)20(27)28-2/h4-7,12,14H,3,8-11,13H2,1-2H3. The lowest BCUT2D eigenvalue weighted by molar-refractivity contribution is -0.148. The van der Waals surface area contributed by atoms with Gasteiger partial charge >= 0.3 is 5.97 Å². The second-order valence-corrected chi connectivity index (χ2v) is 8.11. The first-order chi connectivity index (χ1) is 14.6. The molecule has 0 spiro atoms. The second kappa shape index (κ2) is 8.91. The summed E-state index contributed by atoms with van der Waals surface area (Å²) < 4.78 is 12.7. The molecule has 4 rings (SSSR count). The fraction of sp³-hybridized carbons (Fsp3) is 0.429. The maximum Gasteiger partial charge on any atom is 0.308 e. The van der Waals surface area contributed by atoms with Crippen molar-refractivity contribution in [2.45, 2.75) is 31.5 Å². The van der Waals surface area contributed by atoms with Crippen LogP contribution in [0.3, 0.4) is 0 Å². The smallest absolute Gasteiger partial charge is 0.308 e. The van der Waals surface area contributed by atoms with Gasteiger partial charge in [-0.1, -0.05) is 30.0 Å². The molecule has 0 bridgehead atoms. The molecule has 9 heteroatoms. The lowest BCUT2D eigenvalue weighted by atomic mass is 9.97. The maximum atomic E-state index is 12.6. The van der Waals surface area contributed by atoms with Gasteiger partial charge in [-0.3, -0.25) is 14.2 Å². The molecule has 1 amide bonds. The van der Waals surface area contributed by atoms with Gasteiger partial charge in [0.05, 0.1) is 18.8 Å². The van der Waals surface area contributed by atoms with Crippen LogP contribution in [0.5, 0.6) is 0 Å². The van der Waals surface area contributed by atoms with Crippen LogP contribution in [0, 0.1) is 5.92 Å². The molecular weight excluding hydrogens is 404 g/mol. The average molecular weight is 429 g/mol. The topological polar surface area (TPSA) is 90.5 Å². The number of likely N-dealkylation sites (tertiary alicyclic amines) is 1. The Bertz CT molecular complexity index is 1020. The molecule has 1 fully saturated rings. The number of benzene rings is 1. The highest BCUT2D eigenvalue weighted by Gasteiger charge is 2.28. The first-order valence-corrected chi connectivity index (χ1v) is 11.0. The fourth-order valence-corrected chi connectivity index (χ4v) is 4.61. The van der Waals surface area contributed by atoms with Crippen molar-refractivity contribution in [3.05, 3.63) is 30.3 Å². The summed E-state index contributed by atoms with van der Waals surface area (Å²) in [6, 6.07) is 9.76. The molecule has 3 heterocycles. The molecule has 1 aliphatic rings. The van der Waals surface area contributed by atoms with E-state index >= 15 is 0 Å². The van der Waals surface area contributed by atoms with E-state index in [4.69, 9.17) is 9.15 Å². The summed E-state index contributed by atoms with van der Waals surface area (Å²) in [6.07, 6.45) is 1.29. The number of thioether (sulfide) groups is 1. The van der Waals surface area contributed by atoms with E-state index in [0.717, 1.165) is 11.0 Å². The summed E-state index contributed by atoms with van der Waals surface area (Å²) in [4.78, 5) is 26.1. The van der Waals surface area contributed by atoms with Crippen molar-refractivity contribution in [2.75, 3.05) is 26.0 Å². The Kier molecular flexibility index (Phi) is 6.08. The van der Waals surface area contributed by atoms with Crippen molar-refractivity contribution in [3.8, 4) is 11.6 Å². The van der Waals surface area contributed by atoms with E-state index in [1.807, 2.05) is 41.8 Å². The van der Waals surface area contributed by atoms with Crippen molar-refractivity contribution >= 4 is 34.6 Å². The number of furan rings is 1. The van der Waals surface area contributed by atoms with Gasteiger partial charge in [0.25, 0.3) is 0 Å². The van der Waals surface area contributed by atoms with Crippen molar-refractivity contribution < 1.29 is 18.7 Å². The molecule has 2 aromatic heterocycles. The normalized spacial score (nSPS) is 14.9. The van der Waals surface area contributed by atoms with Crippen LogP contribution in [-0.4, -0.2) is 57.5 Å². The number of rotatable bonds is 6. The lowest BCUT2D eigenvalue weighted by Crippen LogP contribution is -2.41. The highest BCUT2D eigenvalue weighted by molar-refractivity contribution is 7.99. The first kappa shape index (κ1) is 20.5. The number of ether oxygens (including phenoxy) is 1. The molecule has 158 valence electrons. The van der Waals surface area contributed by atoms with Crippen LogP contribution < -0.4 is 0 Å². The fourth-order valence-electron chi connectivity index (χ4n) is 3.70. The zero-order valence-electron chi connectivity index (χ0n) is 17.0. The summed E-state index contributed by atoms with van der Waals surface area (Å²) in [5.41, 5.74) is 0.804. The third kappa shape index (κ3) is 4.07. The number of piperidine rings is 1. The minimum absolute atomic E-state index is 0.0410. The van der Waals surface area contributed by atoms with Gasteiger partial charge in [0.15, 0.2) is 10.9 Å². The van der Waals surface area contributed by atoms with E-state index in [-0.39, 0.29) is 23.5 Å². The molecule has 0 radical (unpaired) electrons. The Labute approximate surface area is 178 Å². The van der Waals surface area contributed by atoms with Gasteiger partial charge in [-0.15, -0.1) is 10.2 Å². The zero-order valence-corrected chi connectivity index (χ0v) is 17.9. The van der Waals surface area contributed by atoms with Crippen molar-refractivity contribution in [3.63, 3.8) is 0 Å². The summed E-state index contributed by atoms with van der Waals surface area (Å²) >= 11 is 1.37. The van der Waals surface area contributed by atoms with Gasteiger partial charge in [0.1, 0.15) is 5.58 Å². The number of carbonyl (C=O) groups excluding carboxylic acids is 2. The van der Waals surface area contributed by atoms with E-state index in [9.17, 15) is 9.59 Å². The van der Waals surface area contributed by atoms with E-state index in [1.54, 1.807) is 4.90 Å². The third-order valence-corrected chi connectivity index (χ3v) is 6.34. The van der Waals surface area contributed by atoms with E-state index in [0.29, 0.717) is 49.2 Å². The van der Waals surface area contributed by atoms with Gasteiger partial charge < -0.3 is 14.1 Å². The largest absolute Gasteiger partial charge is 0.469 e. The highest BCUT2D eigenvalue weighted by atomic mass is 32.2. The van der Waals surface area contributed by atoms with Crippen LogP contribution in [0.1, 0.15) is 19.8 Å². The van der Waals surface area contributed by atoms with E-state index in [1.165, 1.54) is 18.9 Å². The lowest BCUT2D eigenvalue weighted by Gasteiger charge is -2.30. The molecule has 0 atom stereocenters. The zero-order chi connectivity index (χ0) is 21.1. The molecule has 0 N–H and O–H groups in total. The van der Waals surface area contributed by atoms with Gasteiger partial charge in [-0.05, 0) is 31.9 Å². The first-order valence-electron chi connectivity index (χ1n) is 10.0. The molecule has 30 heavy (non-hydrogen) atoms. The number of fused-ring (bicyclic) bond motifs is 1. The molecule has 0 unspecified atom stereocenters. The van der Waals surface area contributed by atoms with Crippen molar-refractivity contribution in [1.82, 2.24) is 19.7 Å². The highest BCUT2D eigenvalue weighted by Crippen LogP contribution is 2.29. The average Bonchev–Trinajstić information content (AvgIpc) is 3.40. The molecule has 3 aromatic rings. The molecule has 8 nitrogen and oxygen atoms in total. The van der Waals surface area contributed by atoms with Crippen LogP contribution in [0.4, 0.5) is 0 Å². The number of para-hydroxylation sites is 1. The summed E-state index contributed by atoms with van der Waals surface area (Å²) in [5, 5.41) is 10.3. The van der Waals surface area contributed by atoms with Crippen molar-refractivity contribution in [1.29, 1.82) is 0 Å². The molecular formula is C21H24N4O4S. The molecule has 0 aliphatic carbocycles. The molecule has 1 saturated heterocycles. The molecule has 1 aliphatic heterocycles. The second-order valence-electron chi connectivity index (χ2n) is 7.17. The summed E-state index contributed by atoms with van der Waals surface area (Å²) in [5.74, 6) is 1.34. The number of carbonyl (C=O) groups is 2. The monoisotopic (exact) mass is 428 g/mol. The summed E-state index contributed by atoms with van der Waals surface area (Å²) in [7, 11) is 1.40. The SMILES string of the molecule is CCn1c(SCC(=O)N2CCC(C(=O)OC)CC2)nnc1-c1cc2ccccc2o1. The van der Waals surface area contributed by atoms with Gasteiger partial charge in [-0.25, -0.2) is 0 Å². The molecule has 1 aromatic carbocycles. The minimum atomic E-state index is -0.189. The predicted octanol–water partition coefficient (Wildman–Crippen LogP) is 3.21. The number of amides is 1. The third-order valence-electron chi connectivity index (χ3n) is 5.39. The number of aromatic nitrogens is 3. The maximum absolute atomic E-state index is 12.6. The van der Waals surface area contributed by atoms with Crippen LogP contribution in [-0.2, 0) is 20.9 Å². The van der Waals surface area contributed by atoms with Gasteiger partial charge in [-0.2, -0.15) is 0 Å². The number of hydrogen-bond donors (Lipinski definition) is 0. The number of nitrogens with zero attached hydrogens (tertiary/aromatic N) is 4. The van der Waals surface area contributed by atoms with Gasteiger partial charge in [0, 0.05) is 25.0 Å². The Morgan fingerprint density at radius 2 is 2.00 bits per heavy atom. The van der Waals surface area contributed by atoms with Crippen LogP contribution in [0.15, 0.2) is 39.9 Å². The summed E-state index contributed by atoms with van der Waals surface area (Å²) in [6.45, 7) is 3.83. The predicted molar refractivity (Wildman–Crippen MR) is 113 cm³/mol. The Morgan fingerprint density at radius 1 is 1.23 bits per heavy atom. The van der Waals surface area contributed by atoms with E-state index in [2.05, 4.69) is 10.2 Å². The Hall–Kier alpha value is -2.81. The van der Waals surface area contributed by atoms with Crippen LogP contribution in [0.2, 0.25) is 0 Å². The van der Waals surface area contributed by atoms with Gasteiger partial charge in [0.2, 0.25) is 11.7 Å². The minimum Gasteiger partial charge on any atom is -0.469 e. The van der Waals surface area contributed by atoms with Crippen molar-refractivity contribution in [2.24, 2.45) is 5.92 Å². The Balaban J connectivity index is 1.41. The van der Waals surface area contributed by atoms with E-state index < -0.39 is 0 Å². The number of methoxy groups -OCH3 is 1. The molecule has 0 saturated carbocycles. The number of hydrogen-bond acceptors (Lipinski definition) is 7. The number of esters is 1. The Morgan fingerprint density at radius 3 is 2.70 bits per heavy atom. The quantitative estimate of drug-likeness (QED) is 0.440.